The monoisotopic (exact) mass is 193 g/mol. The molecule has 0 bridgehead atoms. The first kappa shape index (κ1) is 8.90. The molecule has 3 rings (SSSR count). The number of hydrogen-bond donors (Lipinski definition) is 1. The Labute approximate surface area is 85.4 Å². The van der Waals surface area contributed by atoms with Crippen LogP contribution in [0.4, 0.5) is 0 Å². The number of Topliss-reactive ketones (excluding diaryl/α,β-unsaturated/α-hetero) is 1. The highest BCUT2D eigenvalue weighted by molar-refractivity contribution is 5.92. The van der Waals surface area contributed by atoms with Crippen LogP contribution in [0.1, 0.15) is 51.4 Å². The van der Waals surface area contributed by atoms with E-state index in [-0.39, 0.29) is 5.54 Å². The van der Waals surface area contributed by atoms with Crippen molar-refractivity contribution in [1.29, 1.82) is 0 Å². The van der Waals surface area contributed by atoms with Crippen molar-refractivity contribution < 1.29 is 4.79 Å². The fourth-order valence-electron chi connectivity index (χ4n) is 3.60. The quantitative estimate of drug-likeness (QED) is 0.598. The van der Waals surface area contributed by atoms with Crippen LogP contribution in [0.15, 0.2) is 0 Å². The molecule has 0 amide bonds. The molecule has 1 N–H and O–H groups in total. The maximum atomic E-state index is 11.7. The number of rotatable bonds is 0. The van der Waals surface area contributed by atoms with Gasteiger partial charge in [-0.25, -0.2) is 0 Å². The molecule has 0 aromatic carbocycles. The van der Waals surface area contributed by atoms with Crippen molar-refractivity contribution in [2.75, 3.05) is 6.54 Å². The highest BCUT2D eigenvalue weighted by Crippen LogP contribution is 2.51. The van der Waals surface area contributed by atoms with E-state index < -0.39 is 0 Å². The lowest BCUT2D eigenvalue weighted by molar-refractivity contribution is -0.126. The first-order valence-electron chi connectivity index (χ1n) is 6.03. The molecule has 2 saturated carbocycles. The van der Waals surface area contributed by atoms with Crippen LogP contribution >= 0.6 is 0 Å². The standard InChI is InChI=1S/C12H19NO/c14-10-4-7-11(5-2-1-3-6-11)8-12(10)9-13-12/h13H,1-9H2. The van der Waals surface area contributed by atoms with E-state index in [4.69, 9.17) is 0 Å². The third kappa shape index (κ3) is 1.23. The maximum Gasteiger partial charge on any atom is 0.154 e. The second-order valence-electron chi connectivity index (χ2n) is 5.60. The van der Waals surface area contributed by atoms with E-state index in [0.29, 0.717) is 11.2 Å². The maximum absolute atomic E-state index is 11.7. The van der Waals surface area contributed by atoms with Gasteiger partial charge in [0.05, 0.1) is 5.54 Å². The van der Waals surface area contributed by atoms with E-state index in [1.54, 1.807) is 0 Å². The molecule has 78 valence electrons. The lowest BCUT2D eigenvalue weighted by Crippen LogP contribution is -2.42. The largest absolute Gasteiger partial charge is 0.302 e. The van der Waals surface area contributed by atoms with Crippen LogP contribution in [0, 0.1) is 5.41 Å². The Hall–Kier alpha value is -0.370. The van der Waals surface area contributed by atoms with Gasteiger partial charge in [-0.15, -0.1) is 0 Å². The molecule has 2 nitrogen and oxygen atoms in total. The van der Waals surface area contributed by atoms with Crippen molar-refractivity contribution in [2.24, 2.45) is 5.41 Å². The van der Waals surface area contributed by atoms with Crippen molar-refractivity contribution in [3.8, 4) is 0 Å². The first-order valence-corrected chi connectivity index (χ1v) is 6.03. The average Bonchev–Trinajstić information content (AvgIpc) is 2.95. The van der Waals surface area contributed by atoms with Crippen LogP contribution in [0.3, 0.4) is 0 Å². The highest BCUT2D eigenvalue weighted by atomic mass is 16.1. The van der Waals surface area contributed by atoms with Gasteiger partial charge >= 0.3 is 0 Å². The minimum atomic E-state index is -0.0322. The summed E-state index contributed by atoms with van der Waals surface area (Å²) in [6, 6.07) is 0. The summed E-state index contributed by atoms with van der Waals surface area (Å²) in [5, 5.41) is 3.32. The Morgan fingerprint density at radius 2 is 1.79 bits per heavy atom. The molecule has 2 heteroatoms. The van der Waals surface area contributed by atoms with E-state index >= 15 is 0 Å². The normalized spacial score (nSPS) is 40.4. The molecule has 3 aliphatic rings. The predicted octanol–water partition coefficient (Wildman–Crippen LogP) is 2.03. The predicted molar refractivity (Wildman–Crippen MR) is 55.1 cm³/mol. The topological polar surface area (TPSA) is 39.0 Å². The van der Waals surface area contributed by atoms with Crippen molar-refractivity contribution in [3.05, 3.63) is 0 Å². The third-order valence-electron chi connectivity index (χ3n) is 4.61. The van der Waals surface area contributed by atoms with Gasteiger partial charge in [0.25, 0.3) is 0 Å². The second-order valence-corrected chi connectivity index (χ2v) is 5.60. The summed E-state index contributed by atoms with van der Waals surface area (Å²) in [5.41, 5.74) is 0.519. The van der Waals surface area contributed by atoms with Crippen LogP contribution in [-0.2, 0) is 4.79 Å². The highest BCUT2D eigenvalue weighted by Gasteiger charge is 2.56. The zero-order valence-corrected chi connectivity index (χ0v) is 8.77. The molecule has 0 aromatic heterocycles. The minimum absolute atomic E-state index is 0.0322. The van der Waals surface area contributed by atoms with Gasteiger partial charge in [0.2, 0.25) is 0 Å². The van der Waals surface area contributed by atoms with Gasteiger partial charge in [0.15, 0.2) is 5.78 Å². The molecular weight excluding hydrogens is 174 g/mol. The van der Waals surface area contributed by atoms with Crippen LogP contribution in [0.2, 0.25) is 0 Å². The van der Waals surface area contributed by atoms with Gasteiger partial charge in [-0.3, -0.25) is 4.79 Å². The molecule has 3 fully saturated rings. The number of carbonyl (C=O) groups excluding carboxylic acids is 1. The van der Waals surface area contributed by atoms with E-state index in [2.05, 4.69) is 5.32 Å². The van der Waals surface area contributed by atoms with Gasteiger partial charge in [-0.1, -0.05) is 19.3 Å². The zero-order valence-electron chi connectivity index (χ0n) is 8.77. The summed E-state index contributed by atoms with van der Waals surface area (Å²) in [5.74, 6) is 0.494. The van der Waals surface area contributed by atoms with Gasteiger partial charge < -0.3 is 5.32 Å². The summed E-state index contributed by atoms with van der Waals surface area (Å²) >= 11 is 0. The van der Waals surface area contributed by atoms with Crippen molar-refractivity contribution in [2.45, 2.75) is 56.9 Å². The van der Waals surface area contributed by atoms with Crippen LogP contribution in [0.25, 0.3) is 0 Å². The first-order chi connectivity index (χ1) is 6.75. The Morgan fingerprint density at radius 1 is 1.07 bits per heavy atom. The summed E-state index contributed by atoms with van der Waals surface area (Å²) in [7, 11) is 0. The molecule has 1 saturated heterocycles. The molecule has 1 atom stereocenters. The fourth-order valence-corrected chi connectivity index (χ4v) is 3.60. The Morgan fingerprint density at radius 3 is 2.43 bits per heavy atom. The zero-order chi connectivity index (χ0) is 9.65. The van der Waals surface area contributed by atoms with Crippen LogP contribution in [0.5, 0.6) is 0 Å². The van der Waals surface area contributed by atoms with Crippen LogP contribution in [-0.4, -0.2) is 17.9 Å². The lowest BCUT2D eigenvalue weighted by Gasteiger charge is -2.42. The summed E-state index contributed by atoms with van der Waals surface area (Å²) in [4.78, 5) is 11.7. The van der Waals surface area contributed by atoms with Gasteiger partial charge in [-0.2, -0.15) is 0 Å². The van der Waals surface area contributed by atoms with E-state index in [0.717, 1.165) is 19.4 Å². The molecule has 0 aromatic rings. The Kier molecular flexibility index (Phi) is 1.79. The molecule has 14 heavy (non-hydrogen) atoms. The van der Waals surface area contributed by atoms with Gasteiger partial charge in [-0.05, 0) is 31.1 Å². The second kappa shape index (κ2) is 2.82. The summed E-state index contributed by atoms with van der Waals surface area (Å²) in [6.07, 6.45) is 10.1. The fraction of sp³-hybridized carbons (Fsp3) is 0.917. The van der Waals surface area contributed by atoms with Gasteiger partial charge in [0.1, 0.15) is 0 Å². The third-order valence-corrected chi connectivity index (χ3v) is 4.61. The minimum Gasteiger partial charge on any atom is -0.302 e. The molecule has 1 heterocycles. The van der Waals surface area contributed by atoms with Crippen molar-refractivity contribution in [1.82, 2.24) is 5.32 Å². The Balaban J connectivity index is 1.79. The molecule has 2 spiro atoms. The molecule has 1 unspecified atom stereocenters. The molecule has 2 aliphatic carbocycles. The smallest absolute Gasteiger partial charge is 0.154 e. The number of hydrogen-bond acceptors (Lipinski definition) is 2. The molecule has 1 aliphatic heterocycles. The van der Waals surface area contributed by atoms with E-state index in [9.17, 15) is 4.79 Å². The number of carbonyl (C=O) groups is 1. The average molecular weight is 193 g/mol. The van der Waals surface area contributed by atoms with Gasteiger partial charge in [0, 0.05) is 13.0 Å². The molecule has 0 radical (unpaired) electrons. The summed E-state index contributed by atoms with van der Waals surface area (Å²) in [6.45, 7) is 0.966. The van der Waals surface area contributed by atoms with Crippen molar-refractivity contribution >= 4 is 5.78 Å². The van der Waals surface area contributed by atoms with Crippen LogP contribution < -0.4 is 5.32 Å². The molecular formula is C12H19NO. The van der Waals surface area contributed by atoms with Crippen molar-refractivity contribution in [3.63, 3.8) is 0 Å². The number of nitrogens with one attached hydrogen (secondary N) is 1. The summed E-state index contributed by atoms with van der Waals surface area (Å²) < 4.78 is 0. The van der Waals surface area contributed by atoms with E-state index in [1.807, 2.05) is 0 Å². The Bertz CT molecular complexity index is 261. The lowest BCUT2D eigenvalue weighted by atomic mass is 9.62. The number of ketones is 1. The van der Waals surface area contributed by atoms with E-state index in [1.165, 1.54) is 38.5 Å². The SMILES string of the molecule is O=C1CCC2(CCCCC2)CC12CN2.